The maximum absolute atomic E-state index is 13.2. The van der Waals surface area contributed by atoms with Crippen molar-refractivity contribution in [2.45, 2.75) is 25.8 Å². The van der Waals surface area contributed by atoms with Gasteiger partial charge < -0.3 is 11.1 Å². The molecule has 19 heavy (non-hydrogen) atoms. The molecular weight excluding hydrogens is 253 g/mol. The van der Waals surface area contributed by atoms with Crippen molar-refractivity contribution in [1.29, 1.82) is 0 Å². The summed E-state index contributed by atoms with van der Waals surface area (Å²) < 4.78 is 13.2. The number of nitro groups is 1. The van der Waals surface area contributed by atoms with E-state index < -0.39 is 22.3 Å². The number of nitrogens with one attached hydrogen (secondary N) is 1. The van der Waals surface area contributed by atoms with Crippen LogP contribution in [0.15, 0.2) is 18.2 Å². The Labute approximate surface area is 109 Å². The number of nitrogens with two attached hydrogens (primary N) is 1. The number of non-ortho nitro benzene ring substituents is 1. The molecule has 0 aliphatic carbocycles. The summed E-state index contributed by atoms with van der Waals surface area (Å²) in [5.74, 6) is -1.38. The van der Waals surface area contributed by atoms with Crippen LogP contribution in [0.25, 0.3) is 0 Å². The van der Waals surface area contributed by atoms with Gasteiger partial charge in [0, 0.05) is 24.2 Å². The zero-order valence-electron chi connectivity index (χ0n) is 10.6. The van der Waals surface area contributed by atoms with Crippen molar-refractivity contribution >= 4 is 11.6 Å². The van der Waals surface area contributed by atoms with E-state index in [0.717, 1.165) is 24.6 Å². The number of hydrogen-bond acceptors (Lipinski definition) is 4. The average molecular weight is 269 g/mol. The fourth-order valence-electron chi connectivity index (χ4n) is 1.68. The fraction of sp³-hybridized carbons (Fsp3) is 0.417. The summed E-state index contributed by atoms with van der Waals surface area (Å²) >= 11 is 0. The van der Waals surface area contributed by atoms with Gasteiger partial charge in [-0.3, -0.25) is 14.9 Å². The van der Waals surface area contributed by atoms with Crippen LogP contribution in [0.4, 0.5) is 10.1 Å². The molecule has 0 saturated carbocycles. The molecule has 0 radical (unpaired) electrons. The number of carbonyl (C=O) groups excluding carboxylic acids is 1. The number of amides is 1. The summed E-state index contributed by atoms with van der Waals surface area (Å²) in [4.78, 5) is 21.7. The molecule has 0 bridgehead atoms. The summed E-state index contributed by atoms with van der Waals surface area (Å²) in [6.45, 7) is 2.21. The van der Waals surface area contributed by atoms with Crippen molar-refractivity contribution in [3.05, 3.63) is 39.7 Å². The van der Waals surface area contributed by atoms with Crippen LogP contribution in [0.5, 0.6) is 0 Å². The molecule has 1 unspecified atom stereocenters. The SMILES string of the molecule is CCCC(CN)NC(=O)c1cc(F)cc([N+](=O)[O-])c1. The standard InChI is InChI=1S/C12H16FN3O3/c1-2-3-10(7-14)15-12(17)8-4-9(13)6-11(5-8)16(18)19/h4-6,10H,2-3,7,14H2,1H3,(H,15,17). The van der Waals surface area contributed by atoms with Gasteiger partial charge in [-0.25, -0.2) is 4.39 Å². The number of halogens is 1. The third kappa shape index (κ3) is 4.29. The van der Waals surface area contributed by atoms with Gasteiger partial charge in [0.2, 0.25) is 0 Å². The van der Waals surface area contributed by atoms with Crippen molar-refractivity contribution < 1.29 is 14.1 Å². The first-order chi connectivity index (χ1) is 8.97. The topological polar surface area (TPSA) is 98.3 Å². The number of hydrogen-bond donors (Lipinski definition) is 2. The Bertz CT molecular complexity index is 479. The molecule has 0 spiro atoms. The second kappa shape index (κ2) is 6.79. The van der Waals surface area contributed by atoms with Crippen LogP contribution >= 0.6 is 0 Å². The van der Waals surface area contributed by atoms with Gasteiger partial charge in [-0.2, -0.15) is 0 Å². The van der Waals surface area contributed by atoms with E-state index in [1.165, 1.54) is 0 Å². The highest BCUT2D eigenvalue weighted by Gasteiger charge is 2.16. The molecule has 1 atom stereocenters. The predicted molar refractivity (Wildman–Crippen MR) is 68.3 cm³/mol. The maximum atomic E-state index is 13.2. The molecule has 3 N–H and O–H groups in total. The van der Waals surface area contributed by atoms with E-state index in [1.807, 2.05) is 6.92 Å². The van der Waals surface area contributed by atoms with E-state index in [2.05, 4.69) is 5.32 Å². The van der Waals surface area contributed by atoms with E-state index >= 15 is 0 Å². The van der Waals surface area contributed by atoms with Crippen molar-refractivity contribution in [2.75, 3.05) is 6.54 Å². The van der Waals surface area contributed by atoms with Gasteiger partial charge in [-0.15, -0.1) is 0 Å². The zero-order chi connectivity index (χ0) is 14.4. The normalized spacial score (nSPS) is 11.9. The van der Waals surface area contributed by atoms with Gasteiger partial charge in [0.15, 0.2) is 0 Å². The lowest BCUT2D eigenvalue weighted by Gasteiger charge is -2.15. The molecule has 1 aromatic carbocycles. The van der Waals surface area contributed by atoms with Gasteiger partial charge in [0.05, 0.1) is 11.0 Å². The van der Waals surface area contributed by atoms with Gasteiger partial charge in [0.1, 0.15) is 5.82 Å². The van der Waals surface area contributed by atoms with Crippen molar-refractivity contribution in [3.8, 4) is 0 Å². The molecule has 7 heteroatoms. The van der Waals surface area contributed by atoms with E-state index in [1.54, 1.807) is 0 Å². The quantitative estimate of drug-likeness (QED) is 0.605. The molecule has 0 fully saturated rings. The van der Waals surface area contributed by atoms with E-state index in [9.17, 15) is 19.3 Å². The molecule has 0 saturated heterocycles. The summed E-state index contributed by atoms with van der Waals surface area (Å²) in [5, 5.41) is 13.2. The lowest BCUT2D eigenvalue weighted by atomic mass is 10.1. The first kappa shape index (κ1) is 15.0. The number of carbonyl (C=O) groups is 1. The fourth-order valence-corrected chi connectivity index (χ4v) is 1.68. The van der Waals surface area contributed by atoms with E-state index in [-0.39, 0.29) is 18.2 Å². The Balaban J connectivity index is 2.90. The van der Waals surface area contributed by atoms with Crippen LogP contribution in [0.3, 0.4) is 0 Å². The number of nitro benzene ring substituents is 1. The lowest BCUT2D eigenvalue weighted by Crippen LogP contribution is -2.40. The number of benzene rings is 1. The Morgan fingerprint density at radius 1 is 1.53 bits per heavy atom. The average Bonchev–Trinajstić information content (AvgIpc) is 2.37. The highest BCUT2D eigenvalue weighted by molar-refractivity contribution is 5.95. The highest BCUT2D eigenvalue weighted by Crippen LogP contribution is 2.16. The lowest BCUT2D eigenvalue weighted by molar-refractivity contribution is -0.385. The third-order valence-corrected chi connectivity index (χ3v) is 2.61. The minimum atomic E-state index is -0.820. The van der Waals surface area contributed by atoms with Crippen molar-refractivity contribution in [1.82, 2.24) is 5.32 Å². The molecule has 1 aromatic rings. The minimum Gasteiger partial charge on any atom is -0.348 e. The molecule has 0 aromatic heterocycles. The van der Waals surface area contributed by atoms with Gasteiger partial charge in [0.25, 0.3) is 11.6 Å². The van der Waals surface area contributed by atoms with Crippen LogP contribution in [0.1, 0.15) is 30.1 Å². The summed E-state index contributed by atoms with van der Waals surface area (Å²) in [7, 11) is 0. The van der Waals surface area contributed by atoms with Crippen molar-refractivity contribution in [3.63, 3.8) is 0 Å². The summed E-state index contributed by atoms with van der Waals surface area (Å²) in [6.07, 6.45) is 1.53. The van der Waals surface area contributed by atoms with Crippen LogP contribution in [0, 0.1) is 15.9 Å². The van der Waals surface area contributed by atoms with E-state index in [0.29, 0.717) is 6.42 Å². The third-order valence-electron chi connectivity index (χ3n) is 2.61. The Morgan fingerprint density at radius 3 is 2.74 bits per heavy atom. The second-order valence-corrected chi connectivity index (χ2v) is 4.15. The minimum absolute atomic E-state index is 0.0822. The molecule has 6 nitrogen and oxygen atoms in total. The van der Waals surface area contributed by atoms with Crippen LogP contribution in [0.2, 0.25) is 0 Å². The largest absolute Gasteiger partial charge is 0.348 e. The molecule has 0 aliphatic heterocycles. The van der Waals surface area contributed by atoms with Crippen LogP contribution in [-0.2, 0) is 0 Å². The van der Waals surface area contributed by atoms with Gasteiger partial charge in [-0.1, -0.05) is 13.3 Å². The maximum Gasteiger partial charge on any atom is 0.273 e. The van der Waals surface area contributed by atoms with Gasteiger partial charge >= 0.3 is 0 Å². The van der Waals surface area contributed by atoms with Crippen LogP contribution < -0.4 is 11.1 Å². The predicted octanol–water partition coefficient (Wildman–Crippen LogP) is 1.59. The molecule has 104 valence electrons. The molecule has 1 amide bonds. The molecule has 0 heterocycles. The zero-order valence-corrected chi connectivity index (χ0v) is 10.6. The van der Waals surface area contributed by atoms with E-state index in [4.69, 9.17) is 5.73 Å². The first-order valence-corrected chi connectivity index (χ1v) is 5.93. The monoisotopic (exact) mass is 269 g/mol. The smallest absolute Gasteiger partial charge is 0.273 e. The Kier molecular flexibility index (Phi) is 5.37. The number of nitrogens with zero attached hydrogens (tertiary/aromatic N) is 1. The van der Waals surface area contributed by atoms with Gasteiger partial charge in [-0.05, 0) is 12.5 Å². The molecule has 1 rings (SSSR count). The van der Waals surface area contributed by atoms with Crippen LogP contribution in [-0.4, -0.2) is 23.4 Å². The Morgan fingerprint density at radius 2 is 2.21 bits per heavy atom. The Hall–Kier alpha value is -2.02. The number of rotatable bonds is 6. The first-order valence-electron chi connectivity index (χ1n) is 5.93. The molecular formula is C12H16FN3O3. The summed E-state index contributed by atoms with van der Waals surface area (Å²) in [5.41, 5.74) is 4.96. The highest BCUT2D eigenvalue weighted by atomic mass is 19.1. The van der Waals surface area contributed by atoms with Crippen molar-refractivity contribution in [2.24, 2.45) is 5.73 Å². The second-order valence-electron chi connectivity index (χ2n) is 4.15. The summed E-state index contributed by atoms with van der Waals surface area (Å²) in [6, 6.07) is 2.54. The molecule has 0 aliphatic rings.